The van der Waals surface area contributed by atoms with Crippen LogP contribution in [0.4, 0.5) is 0 Å². The zero-order valence-corrected chi connectivity index (χ0v) is 11.6. The van der Waals surface area contributed by atoms with Gasteiger partial charge >= 0.3 is 0 Å². The van der Waals surface area contributed by atoms with Gasteiger partial charge in [0, 0.05) is 25.0 Å². The lowest BCUT2D eigenvalue weighted by Gasteiger charge is -2.22. The Kier molecular flexibility index (Phi) is 6.27. The number of likely N-dealkylation sites (tertiary alicyclic amines) is 1. The van der Waals surface area contributed by atoms with Crippen molar-refractivity contribution in [1.29, 1.82) is 0 Å². The number of rotatable bonds is 8. The highest BCUT2D eigenvalue weighted by atomic mass is 16.3. The van der Waals surface area contributed by atoms with Crippen LogP contribution in [0.25, 0.3) is 0 Å². The fraction of sp³-hybridized carbons (Fsp3) is 0.667. The Balaban J connectivity index is 1.50. The molecule has 0 amide bonds. The zero-order chi connectivity index (χ0) is 13.3. The molecule has 0 radical (unpaired) electrons. The molecule has 2 heterocycles. The largest absolute Gasteiger partial charge is 0.395 e. The molecule has 2 N–H and O–H groups in total. The summed E-state index contributed by atoms with van der Waals surface area (Å²) in [6.07, 6.45) is 8.51. The minimum atomic E-state index is 0.319. The molecule has 0 saturated carbocycles. The topological polar surface area (TPSA) is 48.4 Å². The summed E-state index contributed by atoms with van der Waals surface area (Å²) in [5, 5.41) is 12.7. The van der Waals surface area contributed by atoms with Crippen molar-refractivity contribution in [3.8, 4) is 0 Å². The van der Waals surface area contributed by atoms with Gasteiger partial charge in [0.25, 0.3) is 0 Å². The summed E-state index contributed by atoms with van der Waals surface area (Å²) in [6.45, 7) is 4.55. The molecule has 106 valence electrons. The Labute approximate surface area is 115 Å². The van der Waals surface area contributed by atoms with Gasteiger partial charge in [-0.25, -0.2) is 0 Å². The van der Waals surface area contributed by atoms with Crippen molar-refractivity contribution in [3.05, 3.63) is 30.1 Å². The third-order valence-corrected chi connectivity index (χ3v) is 3.81. The predicted octanol–water partition coefficient (Wildman–Crippen LogP) is 1.41. The fourth-order valence-electron chi connectivity index (χ4n) is 2.70. The maximum atomic E-state index is 9.24. The summed E-state index contributed by atoms with van der Waals surface area (Å²) in [7, 11) is 0. The van der Waals surface area contributed by atoms with Crippen molar-refractivity contribution in [2.45, 2.75) is 38.3 Å². The molecular formula is C15H25N3O. The fourth-order valence-corrected chi connectivity index (χ4v) is 2.70. The molecule has 0 aliphatic carbocycles. The molecule has 1 unspecified atom stereocenters. The Morgan fingerprint density at radius 1 is 1.42 bits per heavy atom. The number of hydrogen-bond acceptors (Lipinski definition) is 4. The number of pyridine rings is 1. The number of aliphatic hydroxyl groups is 1. The lowest BCUT2D eigenvalue weighted by Crippen LogP contribution is -2.33. The van der Waals surface area contributed by atoms with E-state index in [-0.39, 0.29) is 0 Å². The van der Waals surface area contributed by atoms with Crippen LogP contribution in [0.2, 0.25) is 0 Å². The molecule has 2 rings (SSSR count). The predicted molar refractivity (Wildman–Crippen MR) is 76.9 cm³/mol. The molecule has 1 atom stereocenters. The van der Waals surface area contributed by atoms with Crippen LogP contribution in [0.15, 0.2) is 24.5 Å². The van der Waals surface area contributed by atoms with Crippen molar-refractivity contribution >= 4 is 0 Å². The molecule has 0 bridgehead atoms. The highest BCUT2D eigenvalue weighted by Gasteiger charge is 2.22. The van der Waals surface area contributed by atoms with Crippen molar-refractivity contribution in [2.75, 3.05) is 26.2 Å². The van der Waals surface area contributed by atoms with Crippen molar-refractivity contribution < 1.29 is 5.11 Å². The molecule has 4 heteroatoms. The van der Waals surface area contributed by atoms with Gasteiger partial charge in [-0.3, -0.25) is 9.88 Å². The van der Waals surface area contributed by atoms with Crippen molar-refractivity contribution in [1.82, 2.24) is 15.2 Å². The molecule has 1 aliphatic heterocycles. The van der Waals surface area contributed by atoms with Gasteiger partial charge in [0.05, 0.1) is 6.61 Å². The van der Waals surface area contributed by atoms with Crippen LogP contribution in [0.1, 0.15) is 31.2 Å². The molecule has 0 aromatic carbocycles. The molecule has 1 aliphatic rings. The van der Waals surface area contributed by atoms with E-state index in [1.54, 1.807) is 6.20 Å². The Morgan fingerprint density at radius 3 is 3.16 bits per heavy atom. The first-order valence-electron chi connectivity index (χ1n) is 7.34. The van der Waals surface area contributed by atoms with Crippen LogP contribution in [-0.4, -0.2) is 47.3 Å². The number of hydrogen-bond donors (Lipinski definition) is 2. The standard InChI is InChI=1S/C15H25N3O/c19-13-15-6-4-10-18(15)9-2-1-7-16-11-14-5-3-8-17-12-14/h3,5,8,12,15-16,19H,1-2,4,6-7,9-11,13H2. The molecule has 1 fully saturated rings. The quantitative estimate of drug-likeness (QED) is 0.696. The molecular weight excluding hydrogens is 238 g/mol. The average molecular weight is 263 g/mol. The van der Waals surface area contributed by atoms with E-state index < -0.39 is 0 Å². The first-order chi connectivity index (χ1) is 9.40. The van der Waals surface area contributed by atoms with Crippen LogP contribution < -0.4 is 5.32 Å². The smallest absolute Gasteiger partial charge is 0.0586 e. The summed E-state index contributed by atoms with van der Waals surface area (Å²) in [5.74, 6) is 0. The molecule has 1 saturated heterocycles. The highest BCUT2D eigenvalue weighted by Crippen LogP contribution is 2.16. The Hall–Kier alpha value is -0.970. The maximum absolute atomic E-state index is 9.24. The van der Waals surface area contributed by atoms with E-state index in [4.69, 9.17) is 0 Å². The lowest BCUT2D eigenvalue weighted by molar-refractivity contribution is 0.157. The second-order valence-corrected chi connectivity index (χ2v) is 5.26. The van der Waals surface area contributed by atoms with Gasteiger partial charge in [0.15, 0.2) is 0 Å². The molecule has 1 aromatic rings. The number of unbranched alkanes of at least 4 members (excludes halogenated alkanes) is 1. The summed E-state index contributed by atoms with van der Waals surface area (Å²) in [6, 6.07) is 4.48. The van der Waals surface area contributed by atoms with Gasteiger partial charge < -0.3 is 10.4 Å². The van der Waals surface area contributed by atoms with Gasteiger partial charge in [-0.1, -0.05) is 6.07 Å². The normalized spacial score (nSPS) is 19.9. The SMILES string of the molecule is OCC1CCCN1CCCCNCc1cccnc1. The van der Waals surface area contributed by atoms with E-state index in [0.29, 0.717) is 12.6 Å². The Bertz CT molecular complexity index is 345. The summed E-state index contributed by atoms with van der Waals surface area (Å²) < 4.78 is 0. The van der Waals surface area contributed by atoms with E-state index >= 15 is 0 Å². The molecule has 0 spiro atoms. The number of aliphatic hydroxyl groups excluding tert-OH is 1. The minimum Gasteiger partial charge on any atom is -0.395 e. The zero-order valence-electron chi connectivity index (χ0n) is 11.6. The first-order valence-corrected chi connectivity index (χ1v) is 7.34. The minimum absolute atomic E-state index is 0.319. The molecule has 4 nitrogen and oxygen atoms in total. The highest BCUT2D eigenvalue weighted by molar-refractivity contribution is 5.07. The number of nitrogens with zero attached hydrogens (tertiary/aromatic N) is 2. The van der Waals surface area contributed by atoms with Gasteiger partial charge in [-0.15, -0.1) is 0 Å². The molecule has 1 aromatic heterocycles. The van der Waals surface area contributed by atoms with Crippen LogP contribution in [0.3, 0.4) is 0 Å². The van der Waals surface area contributed by atoms with Gasteiger partial charge in [0.2, 0.25) is 0 Å². The number of aromatic nitrogens is 1. The lowest BCUT2D eigenvalue weighted by atomic mass is 10.2. The van der Waals surface area contributed by atoms with Crippen molar-refractivity contribution in [3.63, 3.8) is 0 Å². The summed E-state index contributed by atoms with van der Waals surface area (Å²) >= 11 is 0. The maximum Gasteiger partial charge on any atom is 0.0586 e. The second kappa shape index (κ2) is 8.25. The summed E-state index contributed by atoms with van der Waals surface area (Å²) in [5.41, 5.74) is 1.24. The van der Waals surface area contributed by atoms with Gasteiger partial charge in [-0.2, -0.15) is 0 Å². The van der Waals surface area contributed by atoms with E-state index in [1.807, 2.05) is 12.3 Å². The van der Waals surface area contributed by atoms with Gasteiger partial charge in [-0.05, 0) is 56.9 Å². The van der Waals surface area contributed by atoms with E-state index in [1.165, 1.54) is 24.8 Å². The van der Waals surface area contributed by atoms with Crippen LogP contribution in [-0.2, 0) is 6.54 Å². The molecule has 19 heavy (non-hydrogen) atoms. The first kappa shape index (κ1) is 14.4. The number of nitrogens with one attached hydrogen (secondary N) is 1. The second-order valence-electron chi connectivity index (χ2n) is 5.26. The van der Waals surface area contributed by atoms with E-state index in [9.17, 15) is 5.11 Å². The van der Waals surface area contributed by atoms with Crippen LogP contribution in [0.5, 0.6) is 0 Å². The van der Waals surface area contributed by atoms with E-state index in [0.717, 1.165) is 32.6 Å². The monoisotopic (exact) mass is 263 g/mol. The van der Waals surface area contributed by atoms with E-state index in [2.05, 4.69) is 21.3 Å². The Morgan fingerprint density at radius 2 is 2.37 bits per heavy atom. The average Bonchev–Trinajstić information content (AvgIpc) is 2.91. The van der Waals surface area contributed by atoms with Crippen LogP contribution in [0, 0.1) is 0 Å². The third-order valence-electron chi connectivity index (χ3n) is 3.81. The summed E-state index contributed by atoms with van der Waals surface area (Å²) in [4.78, 5) is 6.53. The third kappa shape index (κ3) is 4.90. The van der Waals surface area contributed by atoms with Crippen LogP contribution >= 0.6 is 0 Å². The van der Waals surface area contributed by atoms with Gasteiger partial charge in [0.1, 0.15) is 0 Å². The van der Waals surface area contributed by atoms with Crippen molar-refractivity contribution in [2.24, 2.45) is 0 Å².